The number of amides is 2. The Morgan fingerprint density at radius 3 is 2.62 bits per heavy atom. The van der Waals surface area contributed by atoms with Crippen molar-refractivity contribution in [2.45, 2.75) is 38.2 Å². The molecule has 3 aromatic rings. The zero-order chi connectivity index (χ0) is 22.2. The Kier molecular flexibility index (Phi) is 5.27. The number of hydrogen-bond acceptors (Lipinski definition) is 5. The molecule has 0 bridgehead atoms. The number of benzene rings is 2. The third-order valence-corrected chi connectivity index (χ3v) is 7.27. The Labute approximate surface area is 189 Å². The van der Waals surface area contributed by atoms with Crippen LogP contribution in [0.25, 0.3) is 0 Å². The van der Waals surface area contributed by atoms with Gasteiger partial charge in [-0.1, -0.05) is 30.3 Å². The van der Waals surface area contributed by atoms with Crippen LogP contribution in [0.15, 0.2) is 48.5 Å². The summed E-state index contributed by atoms with van der Waals surface area (Å²) in [4.78, 5) is 38.8. The smallest absolute Gasteiger partial charge is 0.339 e. The summed E-state index contributed by atoms with van der Waals surface area (Å²) in [6.45, 7) is 0. The minimum absolute atomic E-state index is 0.330. The van der Waals surface area contributed by atoms with E-state index in [1.54, 1.807) is 18.2 Å². The average molecular weight is 447 g/mol. The molecule has 0 saturated carbocycles. The first-order valence-corrected chi connectivity index (χ1v) is 11.5. The highest BCUT2D eigenvalue weighted by atomic mass is 32.1. The van der Waals surface area contributed by atoms with Crippen LogP contribution in [0.1, 0.15) is 71.6 Å². The number of nitrogens with one attached hydrogen (secondary N) is 1. The van der Waals surface area contributed by atoms with Crippen molar-refractivity contribution in [1.29, 1.82) is 0 Å². The lowest BCUT2D eigenvalue weighted by Gasteiger charge is -2.25. The van der Waals surface area contributed by atoms with Crippen LogP contribution in [0.5, 0.6) is 0 Å². The number of primary amides is 1. The van der Waals surface area contributed by atoms with Crippen LogP contribution in [0.2, 0.25) is 0 Å². The molecule has 1 aliphatic carbocycles. The van der Waals surface area contributed by atoms with Gasteiger partial charge in [0.1, 0.15) is 11.1 Å². The molecule has 2 amide bonds. The van der Waals surface area contributed by atoms with E-state index in [9.17, 15) is 14.4 Å². The molecule has 5 rings (SSSR count). The SMILES string of the molecule is NC(=O)c1c(NC(=O)c2ccc3c(c2)C[C@@H](c2ccccc2)OC3=O)sc2c1CCCC2. The molecule has 7 heteroatoms. The highest BCUT2D eigenvalue weighted by Crippen LogP contribution is 2.38. The van der Waals surface area contributed by atoms with Crippen molar-refractivity contribution in [3.05, 3.63) is 86.8 Å². The van der Waals surface area contributed by atoms with E-state index in [0.29, 0.717) is 28.1 Å². The van der Waals surface area contributed by atoms with Gasteiger partial charge in [-0.2, -0.15) is 0 Å². The first kappa shape index (κ1) is 20.5. The van der Waals surface area contributed by atoms with E-state index in [4.69, 9.17) is 10.5 Å². The second-order valence-electron chi connectivity index (χ2n) is 8.11. The molecule has 1 aliphatic heterocycles. The van der Waals surface area contributed by atoms with Crippen LogP contribution in [0, 0.1) is 0 Å². The first-order chi connectivity index (χ1) is 15.5. The maximum atomic E-state index is 13.0. The van der Waals surface area contributed by atoms with E-state index < -0.39 is 11.9 Å². The fourth-order valence-electron chi connectivity index (χ4n) is 4.48. The molecular formula is C25H22N2O4S. The Hall–Kier alpha value is -3.45. The van der Waals surface area contributed by atoms with Gasteiger partial charge in [-0.3, -0.25) is 9.59 Å². The highest BCUT2D eigenvalue weighted by molar-refractivity contribution is 7.17. The molecule has 32 heavy (non-hydrogen) atoms. The van der Waals surface area contributed by atoms with Crippen LogP contribution in [-0.4, -0.2) is 17.8 Å². The molecule has 0 spiro atoms. The van der Waals surface area contributed by atoms with E-state index in [1.165, 1.54) is 11.3 Å². The van der Waals surface area contributed by atoms with Gasteiger partial charge in [0.25, 0.3) is 11.8 Å². The number of nitrogens with two attached hydrogens (primary N) is 1. The second-order valence-corrected chi connectivity index (χ2v) is 9.22. The number of esters is 1. The molecule has 0 unspecified atom stereocenters. The number of fused-ring (bicyclic) bond motifs is 2. The summed E-state index contributed by atoms with van der Waals surface area (Å²) in [5.74, 6) is -1.24. The van der Waals surface area contributed by atoms with Gasteiger partial charge in [0, 0.05) is 16.9 Å². The summed E-state index contributed by atoms with van der Waals surface area (Å²) in [6, 6.07) is 14.5. The normalized spacial score (nSPS) is 17.1. The van der Waals surface area contributed by atoms with Crippen molar-refractivity contribution in [2.75, 3.05) is 5.32 Å². The average Bonchev–Trinajstić information content (AvgIpc) is 3.17. The lowest BCUT2D eigenvalue weighted by atomic mass is 9.93. The predicted molar refractivity (Wildman–Crippen MR) is 122 cm³/mol. The molecule has 2 aromatic carbocycles. The number of carbonyl (C=O) groups is 3. The molecule has 3 N–H and O–H groups in total. The quantitative estimate of drug-likeness (QED) is 0.579. The number of thiophene rings is 1. The first-order valence-electron chi connectivity index (χ1n) is 10.7. The minimum Gasteiger partial charge on any atom is -0.454 e. The maximum Gasteiger partial charge on any atom is 0.339 e. The van der Waals surface area contributed by atoms with Crippen molar-refractivity contribution in [3.63, 3.8) is 0 Å². The Morgan fingerprint density at radius 2 is 1.84 bits per heavy atom. The van der Waals surface area contributed by atoms with Crippen LogP contribution in [0.3, 0.4) is 0 Å². The zero-order valence-electron chi connectivity index (χ0n) is 17.4. The van der Waals surface area contributed by atoms with Crippen molar-refractivity contribution < 1.29 is 19.1 Å². The highest BCUT2D eigenvalue weighted by Gasteiger charge is 2.29. The molecule has 6 nitrogen and oxygen atoms in total. The molecule has 2 heterocycles. The lowest BCUT2D eigenvalue weighted by Crippen LogP contribution is -2.23. The monoisotopic (exact) mass is 446 g/mol. The molecule has 0 radical (unpaired) electrons. The fraction of sp³-hybridized carbons (Fsp3) is 0.240. The van der Waals surface area contributed by atoms with Crippen molar-refractivity contribution >= 4 is 34.1 Å². The number of carbonyl (C=O) groups excluding carboxylic acids is 3. The summed E-state index contributed by atoms with van der Waals surface area (Å²) < 4.78 is 5.59. The summed E-state index contributed by atoms with van der Waals surface area (Å²) in [7, 11) is 0. The molecule has 162 valence electrons. The van der Waals surface area contributed by atoms with E-state index in [1.807, 2.05) is 30.3 Å². The third kappa shape index (κ3) is 3.69. The molecule has 0 fully saturated rings. The van der Waals surface area contributed by atoms with Crippen LogP contribution < -0.4 is 11.1 Å². The lowest BCUT2D eigenvalue weighted by molar-refractivity contribution is 0.0252. The van der Waals surface area contributed by atoms with Gasteiger partial charge >= 0.3 is 5.97 Å². The zero-order valence-corrected chi connectivity index (χ0v) is 18.2. The van der Waals surface area contributed by atoms with E-state index in [-0.39, 0.29) is 12.0 Å². The fourth-order valence-corrected chi connectivity index (χ4v) is 5.77. The molecule has 2 aliphatic rings. The van der Waals surface area contributed by atoms with Crippen molar-refractivity contribution in [2.24, 2.45) is 5.73 Å². The van der Waals surface area contributed by atoms with Crippen LogP contribution in [-0.2, 0) is 24.0 Å². The van der Waals surface area contributed by atoms with Gasteiger partial charge in [-0.25, -0.2) is 4.79 Å². The molecule has 1 atom stereocenters. The summed E-state index contributed by atoms with van der Waals surface area (Å²) in [5.41, 5.74) is 9.62. The Bertz CT molecular complexity index is 1230. The number of ether oxygens (including phenoxy) is 1. The van der Waals surface area contributed by atoms with Crippen LogP contribution >= 0.6 is 11.3 Å². The van der Waals surface area contributed by atoms with E-state index >= 15 is 0 Å². The number of cyclic esters (lactones) is 1. The number of aryl methyl sites for hydroxylation is 1. The Morgan fingerprint density at radius 1 is 1.06 bits per heavy atom. The van der Waals surface area contributed by atoms with Gasteiger partial charge < -0.3 is 15.8 Å². The molecule has 1 aromatic heterocycles. The summed E-state index contributed by atoms with van der Waals surface area (Å²) in [5, 5.41) is 3.40. The number of rotatable bonds is 4. The van der Waals surface area contributed by atoms with Gasteiger partial charge in [0.05, 0.1) is 11.1 Å². The number of hydrogen-bond donors (Lipinski definition) is 2. The Balaban J connectivity index is 1.42. The molecular weight excluding hydrogens is 424 g/mol. The van der Waals surface area contributed by atoms with Crippen LogP contribution in [0.4, 0.5) is 5.00 Å². The van der Waals surface area contributed by atoms with Gasteiger partial charge in [0.15, 0.2) is 0 Å². The molecule has 0 saturated heterocycles. The maximum absolute atomic E-state index is 13.0. The van der Waals surface area contributed by atoms with Gasteiger partial charge in [-0.05, 0) is 60.6 Å². The minimum atomic E-state index is -0.515. The van der Waals surface area contributed by atoms with Gasteiger partial charge in [0.2, 0.25) is 0 Å². The third-order valence-electron chi connectivity index (χ3n) is 6.06. The van der Waals surface area contributed by atoms with E-state index in [2.05, 4.69) is 5.32 Å². The standard InChI is InChI=1S/C25H22N2O4S/c26-22(28)21-18-8-4-5-9-20(18)32-24(21)27-23(29)15-10-11-17-16(12-15)13-19(31-25(17)30)14-6-2-1-3-7-14/h1-3,6-7,10-12,19H,4-5,8-9,13H2,(H2,26,28)(H,27,29)/t19-/m0/s1. The van der Waals surface area contributed by atoms with Crippen molar-refractivity contribution in [1.82, 2.24) is 0 Å². The largest absolute Gasteiger partial charge is 0.454 e. The van der Waals surface area contributed by atoms with E-state index in [0.717, 1.165) is 47.3 Å². The predicted octanol–water partition coefficient (Wildman–Crippen LogP) is 4.43. The summed E-state index contributed by atoms with van der Waals surface area (Å²) >= 11 is 1.43. The second kappa shape index (κ2) is 8.24. The van der Waals surface area contributed by atoms with Crippen molar-refractivity contribution in [3.8, 4) is 0 Å². The number of anilines is 1. The topological polar surface area (TPSA) is 98.5 Å². The van der Waals surface area contributed by atoms with Gasteiger partial charge in [-0.15, -0.1) is 11.3 Å². The summed E-state index contributed by atoms with van der Waals surface area (Å²) in [6.07, 6.45) is 3.90.